The SMILES string of the molecule is CCOc1ccc(C2c3c(oc4ccccc4c3=O)C(=O)N2c2nc3ccc(CC)cc3s2)cc1OC. The van der Waals surface area contributed by atoms with Crippen LogP contribution in [-0.4, -0.2) is 24.6 Å². The number of amides is 1. The van der Waals surface area contributed by atoms with E-state index in [9.17, 15) is 9.59 Å². The van der Waals surface area contributed by atoms with Gasteiger partial charge in [0.1, 0.15) is 5.58 Å². The van der Waals surface area contributed by atoms with Crippen LogP contribution in [0.25, 0.3) is 21.2 Å². The molecule has 0 bridgehead atoms. The highest BCUT2D eigenvalue weighted by Gasteiger charge is 2.45. The zero-order chi connectivity index (χ0) is 25.7. The predicted molar refractivity (Wildman–Crippen MR) is 144 cm³/mol. The number of hydrogen-bond acceptors (Lipinski definition) is 7. The Balaban J connectivity index is 1.60. The van der Waals surface area contributed by atoms with Gasteiger partial charge in [0.05, 0.1) is 40.9 Å². The average molecular weight is 513 g/mol. The second kappa shape index (κ2) is 9.05. The van der Waals surface area contributed by atoms with Crippen molar-refractivity contribution in [2.75, 3.05) is 18.6 Å². The van der Waals surface area contributed by atoms with Gasteiger partial charge < -0.3 is 13.9 Å². The summed E-state index contributed by atoms with van der Waals surface area (Å²) in [5.41, 5.74) is 3.12. The molecule has 3 heterocycles. The van der Waals surface area contributed by atoms with Crippen molar-refractivity contribution in [2.24, 2.45) is 0 Å². The summed E-state index contributed by atoms with van der Waals surface area (Å²) >= 11 is 1.42. The van der Waals surface area contributed by atoms with Crippen LogP contribution in [0.2, 0.25) is 0 Å². The number of carbonyl (C=O) groups is 1. The standard InChI is InChI=1S/C29H24N2O5S/c1-4-16-10-12-19-23(14-16)37-29(30-19)31-25(17-11-13-21(35-5-2)22(15-17)34-3)24-26(32)18-8-6-7-9-20(18)36-27(24)28(31)33/h6-15,25H,4-5H2,1-3H3. The minimum atomic E-state index is -0.737. The fraction of sp³-hybridized carbons (Fsp3) is 0.207. The van der Waals surface area contributed by atoms with Crippen molar-refractivity contribution < 1.29 is 18.7 Å². The number of methoxy groups -OCH3 is 1. The van der Waals surface area contributed by atoms with Crippen LogP contribution in [0, 0.1) is 0 Å². The third kappa shape index (κ3) is 3.67. The molecule has 7 nitrogen and oxygen atoms in total. The van der Waals surface area contributed by atoms with Gasteiger partial charge in [-0.05, 0) is 60.9 Å². The van der Waals surface area contributed by atoms with Crippen molar-refractivity contribution in [3.05, 3.63) is 93.3 Å². The molecule has 5 aromatic rings. The van der Waals surface area contributed by atoms with Gasteiger partial charge in [0.15, 0.2) is 22.1 Å². The first-order valence-corrected chi connectivity index (χ1v) is 12.9. The number of hydrogen-bond donors (Lipinski definition) is 0. The average Bonchev–Trinajstić information content (AvgIpc) is 3.47. The van der Waals surface area contributed by atoms with E-state index in [0.717, 1.165) is 16.6 Å². The van der Waals surface area contributed by atoms with Crippen molar-refractivity contribution in [1.29, 1.82) is 0 Å². The lowest BCUT2D eigenvalue weighted by Crippen LogP contribution is -2.29. The van der Waals surface area contributed by atoms with Crippen LogP contribution in [0.3, 0.4) is 0 Å². The van der Waals surface area contributed by atoms with E-state index >= 15 is 0 Å². The van der Waals surface area contributed by atoms with Gasteiger partial charge >= 0.3 is 0 Å². The third-order valence-electron chi connectivity index (χ3n) is 6.64. The number of nitrogens with zero attached hydrogens (tertiary/aromatic N) is 2. The summed E-state index contributed by atoms with van der Waals surface area (Å²) in [7, 11) is 1.56. The van der Waals surface area contributed by atoms with E-state index in [2.05, 4.69) is 13.0 Å². The van der Waals surface area contributed by atoms with Gasteiger partial charge in [-0.15, -0.1) is 0 Å². The quantitative estimate of drug-likeness (QED) is 0.273. The van der Waals surface area contributed by atoms with Crippen LogP contribution >= 0.6 is 11.3 Å². The highest BCUT2D eigenvalue weighted by molar-refractivity contribution is 7.22. The van der Waals surface area contributed by atoms with Gasteiger partial charge in [0.2, 0.25) is 5.76 Å². The Morgan fingerprint density at radius 1 is 1.03 bits per heavy atom. The van der Waals surface area contributed by atoms with E-state index in [-0.39, 0.29) is 11.2 Å². The molecule has 37 heavy (non-hydrogen) atoms. The van der Waals surface area contributed by atoms with Crippen LogP contribution in [-0.2, 0) is 6.42 Å². The van der Waals surface area contributed by atoms with E-state index in [0.29, 0.717) is 45.3 Å². The number of rotatable bonds is 6. The molecule has 2 aromatic heterocycles. The number of benzene rings is 3. The zero-order valence-electron chi connectivity index (χ0n) is 20.6. The number of anilines is 1. The molecule has 6 rings (SSSR count). The van der Waals surface area contributed by atoms with Gasteiger partial charge in [-0.2, -0.15) is 0 Å². The molecule has 186 valence electrons. The van der Waals surface area contributed by atoms with Crippen molar-refractivity contribution in [2.45, 2.75) is 26.3 Å². The zero-order valence-corrected chi connectivity index (χ0v) is 21.4. The molecule has 1 amide bonds. The minimum Gasteiger partial charge on any atom is -0.493 e. The lowest BCUT2D eigenvalue weighted by molar-refractivity contribution is 0.0971. The van der Waals surface area contributed by atoms with Gasteiger partial charge in [-0.25, -0.2) is 4.98 Å². The maximum atomic E-state index is 13.9. The Labute approximate surface area is 216 Å². The number of ether oxygens (including phenoxy) is 2. The number of carbonyl (C=O) groups excluding carboxylic acids is 1. The Kier molecular flexibility index (Phi) is 5.68. The van der Waals surface area contributed by atoms with Gasteiger partial charge in [-0.3, -0.25) is 14.5 Å². The Bertz CT molecular complexity index is 1740. The molecule has 0 N–H and O–H groups in total. The Morgan fingerprint density at radius 2 is 1.86 bits per heavy atom. The van der Waals surface area contributed by atoms with Gasteiger partial charge in [0, 0.05) is 0 Å². The molecule has 0 fully saturated rings. The number of aromatic nitrogens is 1. The highest BCUT2D eigenvalue weighted by atomic mass is 32.1. The second-order valence-electron chi connectivity index (χ2n) is 8.74. The third-order valence-corrected chi connectivity index (χ3v) is 7.65. The molecule has 8 heteroatoms. The van der Waals surface area contributed by atoms with Crippen LogP contribution < -0.4 is 19.8 Å². The molecule has 0 radical (unpaired) electrons. The van der Waals surface area contributed by atoms with Crippen LogP contribution in [0.1, 0.15) is 47.1 Å². The Hall–Kier alpha value is -4.17. The molecule has 1 unspecified atom stereocenters. The summed E-state index contributed by atoms with van der Waals surface area (Å²) < 4.78 is 18.3. The molecular weight excluding hydrogens is 488 g/mol. The lowest BCUT2D eigenvalue weighted by atomic mass is 9.98. The van der Waals surface area contributed by atoms with Gasteiger partial charge in [0.25, 0.3) is 5.91 Å². The first-order chi connectivity index (χ1) is 18.0. The van der Waals surface area contributed by atoms with Gasteiger partial charge in [-0.1, -0.05) is 42.5 Å². The van der Waals surface area contributed by atoms with Crippen LogP contribution in [0.4, 0.5) is 5.13 Å². The number of fused-ring (bicyclic) bond motifs is 3. The fourth-order valence-corrected chi connectivity index (χ4v) is 5.90. The smallest absolute Gasteiger partial charge is 0.297 e. The number of aryl methyl sites for hydroxylation is 1. The van der Waals surface area contributed by atoms with E-state index < -0.39 is 11.9 Å². The summed E-state index contributed by atoms with van der Waals surface area (Å²) in [5, 5.41) is 0.927. The molecular formula is C29H24N2O5S. The Morgan fingerprint density at radius 3 is 2.65 bits per heavy atom. The molecule has 0 saturated carbocycles. The van der Waals surface area contributed by atoms with E-state index in [1.165, 1.54) is 16.9 Å². The molecule has 0 aliphatic carbocycles. The second-order valence-corrected chi connectivity index (χ2v) is 9.75. The van der Waals surface area contributed by atoms with Crippen LogP contribution in [0.5, 0.6) is 11.5 Å². The minimum absolute atomic E-state index is 0.0371. The normalized spacial score (nSPS) is 14.9. The molecule has 1 aliphatic heterocycles. The molecule has 1 atom stereocenters. The predicted octanol–water partition coefficient (Wildman–Crippen LogP) is 6.12. The summed E-state index contributed by atoms with van der Waals surface area (Å²) in [6.07, 6.45) is 0.900. The first-order valence-electron chi connectivity index (χ1n) is 12.1. The topological polar surface area (TPSA) is 81.9 Å². The number of thiazole rings is 1. The maximum Gasteiger partial charge on any atom is 0.297 e. The largest absolute Gasteiger partial charge is 0.493 e. The van der Waals surface area contributed by atoms with Crippen LogP contribution in [0.15, 0.2) is 69.9 Å². The number of para-hydroxylation sites is 1. The van der Waals surface area contributed by atoms with Crippen molar-refractivity contribution in [3.63, 3.8) is 0 Å². The van der Waals surface area contributed by atoms with E-state index in [1.807, 2.05) is 31.2 Å². The summed E-state index contributed by atoms with van der Waals surface area (Å²) in [5.74, 6) is 0.741. The molecule has 0 saturated heterocycles. The summed E-state index contributed by atoms with van der Waals surface area (Å²) in [6.45, 7) is 4.48. The van der Waals surface area contributed by atoms with Crippen molar-refractivity contribution in [1.82, 2.24) is 4.98 Å². The molecule has 3 aromatic carbocycles. The van der Waals surface area contributed by atoms with E-state index in [4.69, 9.17) is 18.9 Å². The summed E-state index contributed by atoms with van der Waals surface area (Å²) in [4.78, 5) is 34.1. The highest BCUT2D eigenvalue weighted by Crippen LogP contribution is 2.45. The first kappa shape index (κ1) is 23.2. The monoisotopic (exact) mass is 512 g/mol. The fourth-order valence-electron chi connectivity index (χ4n) is 4.84. The molecule has 0 spiro atoms. The maximum absolute atomic E-state index is 13.9. The lowest BCUT2D eigenvalue weighted by Gasteiger charge is -2.23. The molecule has 1 aliphatic rings. The van der Waals surface area contributed by atoms with E-state index in [1.54, 1.807) is 42.3 Å². The summed E-state index contributed by atoms with van der Waals surface area (Å²) in [6, 6.07) is 17.8. The van der Waals surface area contributed by atoms with Crippen molar-refractivity contribution >= 4 is 43.6 Å². The van der Waals surface area contributed by atoms with Crippen molar-refractivity contribution in [3.8, 4) is 11.5 Å².